The Morgan fingerprint density at radius 3 is 1.12 bits per heavy atom. The highest BCUT2D eigenvalue weighted by molar-refractivity contribution is 5.76. The van der Waals surface area contributed by atoms with E-state index >= 15 is 0 Å². The van der Waals surface area contributed by atoms with Crippen molar-refractivity contribution in [3.05, 3.63) is 0 Å². The minimum atomic E-state index is -0.648. The summed E-state index contributed by atoms with van der Waals surface area (Å²) in [6.07, 6.45) is 37.8. The number of hydrogen-bond donors (Lipinski definition) is 3. The lowest BCUT2D eigenvalue weighted by atomic mass is 10.0. The SMILES string of the molecule is CCCCCCCCCCCCCCCCCCCCCCCCCCC(=O)NC(CO)C(O)CCCCCC. The van der Waals surface area contributed by atoms with E-state index in [2.05, 4.69) is 19.2 Å². The number of aliphatic hydroxyl groups excluding tert-OH is 2. The van der Waals surface area contributed by atoms with E-state index in [4.69, 9.17) is 0 Å². The van der Waals surface area contributed by atoms with Gasteiger partial charge in [-0.1, -0.05) is 187 Å². The lowest BCUT2D eigenvalue weighted by Gasteiger charge is -2.22. The van der Waals surface area contributed by atoms with Crippen molar-refractivity contribution < 1.29 is 15.0 Å². The van der Waals surface area contributed by atoms with Crippen LogP contribution in [0.3, 0.4) is 0 Å². The molecule has 0 aromatic rings. The summed E-state index contributed by atoms with van der Waals surface area (Å²) in [4.78, 5) is 12.2. The molecule has 0 saturated carbocycles. The fourth-order valence-electron chi connectivity index (χ4n) is 5.77. The molecule has 0 aliphatic rings. The Hall–Kier alpha value is -0.610. The van der Waals surface area contributed by atoms with Crippen molar-refractivity contribution >= 4 is 5.91 Å². The summed E-state index contributed by atoms with van der Waals surface area (Å²) in [5.41, 5.74) is 0. The summed E-state index contributed by atoms with van der Waals surface area (Å²) >= 11 is 0. The second-order valence-electron chi connectivity index (χ2n) is 12.7. The van der Waals surface area contributed by atoms with Crippen molar-refractivity contribution in [2.24, 2.45) is 0 Å². The van der Waals surface area contributed by atoms with Gasteiger partial charge in [0, 0.05) is 6.42 Å². The molecule has 0 spiro atoms. The highest BCUT2D eigenvalue weighted by atomic mass is 16.3. The van der Waals surface area contributed by atoms with E-state index in [-0.39, 0.29) is 12.5 Å². The number of amides is 1. The molecule has 40 heavy (non-hydrogen) atoms. The molecule has 0 aliphatic heterocycles. The zero-order chi connectivity index (χ0) is 29.4. The third-order valence-corrected chi connectivity index (χ3v) is 8.62. The van der Waals surface area contributed by atoms with Crippen LogP contribution in [-0.4, -0.2) is 34.9 Å². The van der Waals surface area contributed by atoms with Crippen molar-refractivity contribution in [3.63, 3.8) is 0 Å². The molecule has 0 rings (SSSR count). The first-order valence-electron chi connectivity index (χ1n) is 18.2. The lowest BCUT2D eigenvalue weighted by molar-refractivity contribution is -0.123. The Balaban J connectivity index is 3.32. The summed E-state index contributed by atoms with van der Waals surface area (Å²) in [5.74, 6) is -0.0366. The summed E-state index contributed by atoms with van der Waals surface area (Å²) in [6.45, 7) is 4.26. The van der Waals surface area contributed by atoms with Gasteiger partial charge in [-0.15, -0.1) is 0 Å². The maximum Gasteiger partial charge on any atom is 0.220 e. The van der Waals surface area contributed by atoms with Gasteiger partial charge in [-0.2, -0.15) is 0 Å². The van der Waals surface area contributed by atoms with Crippen LogP contribution in [0, 0.1) is 0 Å². The van der Waals surface area contributed by atoms with Gasteiger partial charge in [0.05, 0.1) is 18.8 Å². The molecule has 4 nitrogen and oxygen atoms in total. The van der Waals surface area contributed by atoms with Crippen molar-refractivity contribution in [1.29, 1.82) is 0 Å². The molecule has 0 bridgehead atoms. The molecule has 2 atom stereocenters. The van der Waals surface area contributed by atoms with Crippen LogP contribution in [0.25, 0.3) is 0 Å². The van der Waals surface area contributed by atoms with Gasteiger partial charge in [-0.25, -0.2) is 0 Å². The monoisotopic (exact) mass is 568 g/mol. The molecular weight excluding hydrogens is 494 g/mol. The van der Waals surface area contributed by atoms with Gasteiger partial charge < -0.3 is 15.5 Å². The summed E-state index contributed by atoms with van der Waals surface area (Å²) in [5, 5.41) is 22.6. The van der Waals surface area contributed by atoms with Crippen LogP contribution in [0.1, 0.15) is 206 Å². The number of hydrogen-bond acceptors (Lipinski definition) is 3. The second kappa shape index (κ2) is 32.9. The normalized spacial score (nSPS) is 13.0. The molecule has 0 aromatic heterocycles. The topological polar surface area (TPSA) is 69.6 Å². The molecule has 2 unspecified atom stereocenters. The molecule has 0 radical (unpaired) electrons. The van der Waals surface area contributed by atoms with Gasteiger partial charge in [-0.3, -0.25) is 4.79 Å². The Labute approximate surface area is 251 Å². The van der Waals surface area contributed by atoms with Crippen LogP contribution in [-0.2, 0) is 4.79 Å². The van der Waals surface area contributed by atoms with Crippen LogP contribution in [0.5, 0.6) is 0 Å². The first-order chi connectivity index (χ1) is 19.7. The van der Waals surface area contributed by atoms with Crippen LogP contribution >= 0.6 is 0 Å². The van der Waals surface area contributed by atoms with Gasteiger partial charge in [-0.05, 0) is 12.8 Å². The van der Waals surface area contributed by atoms with Gasteiger partial charge in [0.15, 0.2) is 0 Å². The van der Waals surface area contributed by atoms with Crippen LogP contribution < -0.4 is 5.32 Å². The molecule has 0 aliphatic carbocycles. The Kier molecular flexibility index (Phi) is 32.4. The van der Waals surface area contributed by atoms with Crippen molar-refractivity contribution in [2.75, 3.05) is 6.61 Å². The number of carbonyl (C=O) groups excluding carboxylic acids is 1. The molecule has 240 valence electrons. The van der Waals surface area contributed by atoms with E-state index in [0.29, 0.717) is 12.8 Å². The quantitative estimate of drug-likeness (QED) is 0.0691. The molecule has 0 saturated heterocycles. The third-order valence-electron chi connectivity index (χ3n) is 8.62. The fourth-order valence-corrected chi connectivity index (χ4v) is 5.77. The molecular formula is C36H73NO3. The van der Waals surface area contributed by atoms with Crippen LogP contribution in [0.15, 0.2) is 0 Å². The van der Waals surface area contributed by atoms with Crippen LogP contribution in [0.2, 0.25) is 0 Å². The van der Waals surface area contributed by atoms with E-state index in [9.17, 15) is 15.0 Å². The van der Waals surface area contributed by atoms with E-state index in [1.165, 1.54) is 148 Å². The molecule has 1 amide bonds. The summed E-state index contributed by atoms with van der Waals surface area (Å²) < 4.78 is 0. The minimum absolute atomic E-state index is 0.0366. The van der Waals surface area contributed by atoms with E-state index in [1.807, 2.05) is 0 Å². The van der Waals surface area contributed by atoms with Gasteiger partial charge in [0.25, 0.3) is 0 Å². The summed E-state index contributed by atoms with van der Waals surface area (Å²) in [7, 11) is 0. The van der Waals surface area contributed by atoms with Crippen molar-refractivity contribution in [2.45, 2.75) is 219 Å². The lowest BCUT2D eigenvalue weighted by Crippen LogP contribution is -2.45. The number of unbranched alkanes of at least 4 members (excludes halogenated alkanes) is 26. The molecule has 0 heterocycles. The molecule has 4 heteroatoms. The molecule has 0 aromatic carbocycles. The number of carbonyl (C=O) groups is 1. The Morgan fingerprint density at radius 2 is 0.800 bits per heavy atom. The second-order valence-corrected chi connectivity index (χ2v) is 12.7. The van der Waals surface area contributed by atoms with Gasteiger partial charge in [0.2, 0.25) is 5.91 Å². The number of aliphatic hydroxyl groups is 2. The molecule has 3 N–H and O–H groups in total. The maximum atomic E-state index is 12.2. The van der Waals surface area contributed by atoms with E-state index < -0.39 is 12.1 Å². The number of nitrogens with one attached hydrogen (secondary N) is 1. The average molecular weight is 568 g/mol. The first kappa shape index (κ1) is 39.4. The highest BCUT2D eigenvalue weighted by Gasteiger charge is 2.19. The zero-order valence-corrected chi connectivity index (χ0v) is 27.4. The summed E-state index contributed by atoms with van der Waals surface area (Å²) in [6, 6.07) is -0.525. The van der Waals surface area contributed by atoms with Gasteiger partial charge >= 0.3 is 0 Å². The highest BCUT2D eigenvalue weighted by Crippen LogP contribution is 2.16. The minimum Gasteiger partial charge on any atom is -0.394 e. The first-order valence-corrected chi connectivity index (χ1v) is 18.2. The van der Waals surface area contributed by atoms with Crippen molar-refractivity contribution in [3.8, 4) is 0 Å². The van der Waals surface area contributed by atoms with E-state index in [0.717, 1.165) is 32.1 Å². The fraction of sp³-hybridized carbons (Fsp3) is 0.972. The molecule has 0 fully saturated rings. The maximum absolute atomic E-state index is 12.2. The van der Waals surface area contributed by atoms with Crippen LogP contribution in [0.4, 0.5) is 0 Å². The zero-order valence-electron chi connectivity index (χ0n) is 27.4. The largest absolute Gasteiger partial charge is 0.394 e. The third kappa shape index (κ3) is 28.9. The van der Waals surface area contributed by atoms with E-state index in [1.54, 1.807) is 0 Å². The van der Waals surface area contributed by atoms with Crippen molar-refractivity contribution in [1.82, 2.24) is 5.32 Å². The Morgan fingerprint density at radius 1 is 0.500 bits per heavy atom. The smallest absolute Gasteiger partial charge is 0.220 e. The van der Waals surface area contributed by atoms with Gasteiger partial charge in [0.1, 0.15) is 0 Å². The number of rotatable bonds is 33. The average Bonchev–Trinajstić information content (AvgIpc) is 2.96. The standard InChI is InChI=1S/C36H73NO3/c1-3-5-7-9-10-11-12-13-14-15-16-17-18-19-20-21-22-23-24-25-26-27-28-30-32-36(40)37-34(33-38)35(39)31-29-8-6-4-2/h34-35,38-39H,3-33H2,1-2H3,(H,37,40). The predicted octanol–water partition coefficient (Wildman–Crippen LogP) is 10.6. The Bertz CT molecular complexity index is 498. The predicted molar refractivity (Wildman–Crippen MR) is 175 cm³/mol.